The Balaban J connectivity index is 4.77. The zero-order valence-electron chi connectivity index (χ0n) is 42.8. The van der Waals surface area contributed by atoms with Gasteiger partial charge in [0.2, 0.25) is 5.91 Å². The number of hydrogen-bond donors (Lipinski definition) is 3. The van der Waals surface area contributed by atoms with Gasteiger partial charge in [0.1, 0.15) is 6.10 Å². The standard InChI is InChI=1S/C60H101NO5/c1-4-7-10-13-16-19-22-25-27-28-29-30-32-35-38-41-44-47-50-53-60(65)66-56(51-48-45-42-39-36-34-31-26-23-20-17-14-11-8-5-2)54-59(64)61-57(55-62)58(63)52-49-46-43-40-37-33-24-21-18-15-12-9-6-3/h7,10,16-17,19-20,25-27,29-31,35-36,38-39,45,48,56-58,62-63H,4-6,8-9,11-15,18,21-24,28,32-34,37,40-44,46-47,49-55H2,1-3H3,(H,61,64)/b10-7-,19-16-,20-17-,27-25-,30-29-,31-26-,38-35-,39-36-,48-45-. The van der Waals surface area contributed by atoms with E-state index < -0.39 is 18.2 Å². The van der Waals surface area contributed by atoms with Crippen LogP contribution < -0.4 is 5.32 Å². The van der Waals surface area contributed by atoms with E-state index in [9.17, 15) is 19.8 Å². The van der Waals surface area contributed by atoms with Crippen molar-refractivity contribution in [3.8, 4) is 0 Å². The Morgan fingerprint density at radius 2 is 0.848 bits per heavy atom. The number of nitrogens with one attached hydrogen (secondary N) is 1. The fraction of sp³-hybridized carbons (Fsp3) is 0.667. The van der Waals surface area contributed by atoms with Gasteiger partial charge in [0.15, 0.2) is 0 Å². The van der Waals surface area contributed by atoms with Crippen molar-refractivity contribution in [3.05, 3.63) is 109 Å². The van der Waals surface area contributed by atoms with E-state index in [1.165, 1.54) is 83.5 Å². The van der Waals surface area contributed by atoms with Gasteiger partial charge >= 0.3 is 5.97 Å². The lowest BCUT2D eigenvalue weighted by atomic mass is 10.0. The van der Waals surface area contributed by atoms with Crippen LogP contribution in [-0.2, 0) is 14.3 Å². The van der Waals surface area contributed by atoms with Crippen LogP contribution in [0.1, 0.15) is 233 Å². The first-order chi connectivity index (χ1) is 32.5. The molecule has 0 aromatic heterocycles. The van der Waals surface area contributed by atoms with Crippen LogP contribution in [0.25, 0.3) is 0 Å². The van der Waals surface area contributed by atoms with Crippen LogP contribution in [0.15, 0.2) is 109 Å². The molecule has 0 rings (SSSR count). The summed E-state index contributed by atoms with van der Waals surface area (Å²) in [6.07, 6.45) is 71.6. The minimum atomic E-state index is -0.823. The number of carbonyl (C=O) groups excluding carboxylic acids is 2. The summed E-state index contributed by atoms with van der Waals surface area (Å²) in [5, 5.41) is 23.8. The summed E-state index contributed by atoms with van der Waals surface area (Å²) in [5.41, 5.74) is 0. The Bertz CT molecular complexity index is 1350. The van der Waals surface area contributed by atoms with Gasteiger partial charge in [-0.1, -0.05) is 233 Å². The highest BCUT2D eigenvalue weighted by molar-refractivity contribution is 5.77. The van der Waals surface area contributed by atoms with Crippen LogP contribution in [-0.4, -0.2) is 46.9 Å². The second-order valence-electron chi connectivity index (χ2n) is 17.9. The van der Waals surface area contributed by atoms with Gasteiger partial charge in [0.05, 0.1) is 25.2 Å². The van der Waals surface area contributed by atoms with Gasteiger partial charge in [-0.15, -0.1) is 0 Å². The molecule has 1 amide bonds. The van der Waals surface area contributed by atoms with Crippen molar-refractivity contribution in [2.75, 3.05) is 6.61 Å². The van der Waals surface area contributed by atoms with Crippen LogP contribution in [0, 0.1) is 0 Å². The van der Waals surface area contributed by atoms with Crippen molar-refractivity contribution < 1.29 is 24.5 Å². The molecule has 0 heterocycles. The summed E-state index contributed by atoms with van der Waals surface area (Å²) in [5.74, 6) is -0.621. The molecule has 0 saturated heterocycles. The van der Waals surface area contributed by atoms with Gasteiger partial charge in [0.25, 0.3) is 0 Å². The largest absolute Gasteiger partial charge is 0.461 e. The molecule has 0 aromatic rings. The summed E-state index contributed by atoms with van der Waals surface area (Å²) in [6, 6.07) is -0.745. The molecule has 3 unspecified atom stereocenters. The fourth-order valence-corrected chi connectivity index (χ4v) is 7.49. The van der Waals surface area contributed by atoms with Gasteiger partial charge in [-0.25, -0.2) is 0 Å². The molecular weight excluding hydrogens is 815 g/mol. The average molecular weight is 916 g/mol. The molecule has 0 aliphatic rings. The normalized spacial score (nSPS) is 14.1. The predicted octanol–water partition coefficient (Wildman–Crippen LogP) is 16.7. The first-order valence-electron chi connectivity index (χ1n) is 27.1. The maximum absolute atomic E-state index is 13.2. The molecule has 0 saturated carbocycles. The number of hydrogen-bond acceptors (Lipinski definition) is 5. The van der Waals surface area contributed by atoms with Crippen LogP contribution in [0.4, 0.5) is 0 Å². The summed E-state index contributed by atoms with van der Waals surface area (Å²) < 4.78 is 5.87. The third-order valence-corrected chi connectivity index (χ3v) is 11.6. The third kappa shape index (κ3) is 47.0. The summed E-state index contributed by atoms with van der Waals surface area (Å²) in [7, 11) is 0. The second kappa shape index (κ2) is 52.5. The summed E-state index contributed by atoms with van der Waals surface area (Å²) in [4.78, 5) is 26.2. The van der Waals surface area contributed by atoms with Gasteiger partial charge in [0, 0.05) is 12.8 Å². The maximum Gasteiger partial charge on any atom is 0.306 e. The molecule has 0 fully saturated rings. The highest BCUT2D eigenvalue weighted by atomic mass is 16.5. The molecule has 0 aliphatic carbocycles. The van der Waals surface area contributed by atoms with Gasteiger partial charge in [-0.3, -0.25) is 9.59 Å². The highest BCUT2D eigenvalue weighted by Gasteiger charge is 2.23. The van der Waals surface area contributed by atoms with Gasteiger partial charge in [-0.2, -0.15) is 0 Å². The SMILES string of the molecule is CC/C=C\C/C=C\C/C=C\C/C=C\C/C=C\CCCCCC(=O)OC(C/C=C\C/C=C\C/C=C\C/C=C\CCCCC)CC(=O)NC(CO)C(O)CCCCCCCCCCCCCCC. The molecule has 0 aromatic carbocycles. The molecule has 376 valence electrons. The minimum Gasteiger partial charge on any atom is -0.461 e. The molecule has 0 bridgehead atoms. The molecular formula is C60H101NO5. The van der Waals surface area contributed by atoms with E-state index in [1.54, 1.807) is 0 Å². The third-order valence-electron chi connectivity index (χ3n) is 11.6. The number of esters is 1. The number of rotatable bonds is 47. The number of amides is 1. The van der Waals surface area contributed by atoms with Crippen molar-refractivity contribution in [2.45, 2.75) is 251 Å². The van der Waals surface area contributed by atoms with Crippen LogP contribution in [0.3, 0.4) is 0 Å². The van der Waals surface area contributed by atoms with E-state index in [4.69, 9.17) is 4.74 Å². The Morgan fingerprint density at radius 3 is 1.30 bits per heavy atom. The fourth-order valence-electron chi connectivity index (χ4n) is 7.49. The van der Waals surface area contributed by atoms with E-state index in [2.05, 4.69) is 123 Å². The van der Waals surface area contributed by atoms with Crippen molar-refractivity contribution in [2.24, 2.45) is 0 Å². The Hall–Kier alpha value is -3.48. The van der Waals surface area contributed by atoms with E-state index >= 15 is 0 Å². The predicted molar refractivity (Wildman–Crippen MR) is 287 cm³/mol. The molecule has 0 aliphatic heterocycles. The van der Waals surface area contributed by atoms with E-state index in [0.717, 1.165) is 103 Å². The number of ether oxygens (including phenoxy) is 1. The maximum atomic E-state index is 13.2. The first-order valence-corrected chi connectivity index (χ1v) is 27.1. The molecule has 3 atom stereocenters. The Kier molecular flexibility index (Phi) is 49.7. The van der Waals surface area contributed by atoms with Crippen molar-refractivity contribution in [3.63, 3.8) is 0 Å². The molecule has 66 heavy (non-hydrogen) atoms. The number of allylic oxidation sites excluding steroid dienone is 17. The first kappa shape index (κ1) is 62.5. The van der Waals surface area contributed by atoms with Crippen LogP contribution in [0.5, 0.6) is 0 Å². The van der Waals surface area contributed by atoms with Crippen molar-refractivity contribution >= 4 is 11.9 Å². The van der Waals surface area contributed by atoms with Gasteiger partial charge < -0.3 is 20.3 Å². The lowest BCUT2D eigenvalue weighted by Crippen LogP contribution is -2.46. The zero-order valence-corrected chi connectivity index (χ0v) is 42.8. The van der Waals surface area contributed by atoms with Crippen molar-refractivity contribution in [1.29, 1.82) is 0 Å². The Labute approximate surface area is 407 Å². The number of aliphatic hydroxyl groups is 2. The molecule has 0 spiro atoms. The number of aliphatic hydroxyl groups excluding tert-OH is 2. The molecule has 3 N–H and O–H groups in total. The summed E-state index contributed by atoms with van der Waals surface area (Å²) in [6.45, 7) is 6.30. The lowest BCUT2D eigenvalue weighted by molar-refractivity contribution is -0.150. The topological polar surface area (TPSA) is 95.9 Å². The van der Waals surface area contributed by atoms with E-state index in [0.29, 0.717) is 19.3 Å². The average Bonchev–Trinajstić information content (AvgIpc) is 3.31. The molecule has 0 radical (unpaired) electrons. The zero-order chi connectivity index (χ0) is 48.1. The Morgan fingerprint density at radius 1 is 0.470 bits per heavy atom. The summed E-state index contributed by atoms with van der Waals surface area (Å²) >= 11 is 0. The van der Waals surface area contributed by atoms with E-state index in [-0.39, 0.29) is 24.9 Å². The quantitative estimate of drug-likeness (QED) is 0.0321. The second-order valence-corrected chi connectivity index (χ2v) is 17.9. The van der Waals surface area contributed by atoms with Crippen molar-refractivity contribution in [1.82, 2.24) is 5.32 Å². The molecule has 6 nitrogen and oxygen atoms in total. The molecule has 6 heteroatoms. The monoisotopic (exact) mass is 916 g/mol. The van der Waals surface area contributed by atoms with Crippen LogP contribution in [0.2, 0.25) is 0 Å². The van der Waals surface area contributed by atoms with Crippen LogP contribution >= 0.6 is 0 Å². The number of carbonyl (C=O) groups is 2. The van der Waals surface area contributed by atoms with E-state index in [1.807, 2.05) is 12.2 Å². The lowest BCUT2D eigenvalue weighted by Gasteiger charge is -2.24. The smallest absolute Gasteiger partial charge is 0.306 e. The minimum absolute atomic E-state index is 0.0181. The highest BCUT2D eigenvalue weighted by Crippen LogP contribution is 2.16. The number of unbranched alkanes of at least 4 members (excludes halogenated alkanes) is 18. The van der Waals surface area contributed by atoms with Gasteiger partial charge in [-0.05, 0) is 89.9 Å².